The average molecular weight is 494 g/mol. The minimum absolute atomic E-state index is 0.103. The number of phenolic OH excluding ortho intramolecular Hbond substituents is 1. The Bertz CT molecular complexity index is 1260. The number of hydrogen-bond acceptors (Lipinski definition) is 9. The highest BCUT2D eigenvalue weighted by Gasteiger charge is 2.34. The number of ether oxygens (including phenoxy) is 3. The highest BCUT2D eigenvalue weighted by molar-refractivity contribution is 8.18. The molecular weight excluding hydrogens is 470 g/mol. The van der Waals surface area contributed by atoms with E-state index in [1.165, 1.54) is 37.1 Å². The molecule has 0 radical (unpaired) electrons. The third-order valence-corrected chi connectivity index (χ3v) is 6.04. The van der Waals surface area contributed by atoms with Crippen LogP contribution in [0, 0.1) is 0 Å². The Balaban J connectivity index is 1.62. The van der Waals surface area contributed by atoms with Crippen LogP contribution in [0.4, 0.5) is 0 Å². The van der Waals surface area contributed by atoms with Crippen LogP contribution < -0.4 is 14.2 Å². The van der Waals surface area contributed by atoms with Crippen molar-refractivity contribution in [2.24, 2.45) is 10.2 Å². The first-order valence-electron chi connectivity index (χ1n) is 10.5. The van der Waals surface area contributed by atoms with Crippen molar-refractivity contribution >= 4 is 35.1 Å². The molecule has 1 aliphatic rings. The Morgan fingerprint density at radius 3 is 2.34 bits per heavy atom. The summed E-state index contributed by atoms with van der Waals surface area (Å²) in [5.41, 5.74) is 1.45. The van der Waals surface area contributed by atoms with Gasteiger partial charge in [0.25, 0.3) is 5.91 Å². The fourth-order valence-corrected chi connectivity index (χ4v) is 4.20. The van der Waals surface area contributed by atoms with Crippen molar-refractivity contribution in [1.29, 1.82) is 0 Å². The fourth-order valence-electron chi connectivity index (χ4n) is 3.27. The zero-order valence-corrected chi connectivity index (χ0v) is 20.1. The number of amides is 1. The summed E-state index contributed by atoms with van der Waals surface area (Å²) in [5.74, 6) is 1.53. The molecule has 1 fully saturated rings. The molecule has 1 saturated heterocycles. The van der Waals surface area contributed by atoms with Crippen molar-refractivity contribution in [3.05, 3.63) is 76.6 Å². The lowest BCUT2D eigenvalue weighted by Gasteiger charge is -2.12. The van der Waals surface area contributed by atoms with Gasteiger partial charge >= 0.3 is 0 Å². The molecule has 0 aliphatic carbocycles. The quantitative estimate of drug-likeness (QED) is 0.279. The fraction of sp³-hybridized carbons (Fsp3) is 0.160. The maximum absolute atomic E-state index is 13.2. The van der Waals surface area contributed by atoms with E-state index in [0.717, 1.165) is 11.3 Å². The second-order valence-electron chi connectivity index (χ2n) is 7.26. The first-order valence-corrected chi connectivity index (χ1v) is 11.3. The lowest BCUT2D eigenvalue weighted by molar-refractivity contribution is -0.122. The minimum Gasteiger partial charge on any atom is -0.502 e. The topological polar surface area (TPSA) is 106 Å². The van der Waals surface area contributed by atoms with Gasteiger partial charge in [-0.3, -0.25) is 9.69 Å². The van der Waals surface area contributed by atoms with Crippen LogP contribution in [0.3, 0.4) is 0 Å². The third-order valence-electron chi connectivity index (χ3n) is 5.05. The van der Waals surface area contributed by atoms with E-state index in [1.54, 1.807) is 43.7 Å². The number of furan rings is 1. The normalized spacial score (nSPS) is 16.0. The summed E-state index contributed by atoms with van der Waals surface area (Å²) in [6.45, 7) is 0.216. The predicted molar refractivity (Wildman–Crippen MR) is 134 cm³/mol. The summed E-state index contributed by atoms with van der Waals surface area (Å²) < 4.78 is 21.0. The van der Waals surface area contributed by atoms with Crippen LogP contribution in [-0.4, -0.2) is 48.6 Å². The van der Waals surface area contributed by atoms with Crippen LogP contribution in [0.2, 0.25) is 0 Å². The van der Waals surface area contributed by atoms with Gasteiger partial charge in [-0.1, -0.05) is 12.1 Å². The molecule has 1 N–H and O–H groups in total. The monoisotopic (exact) mass is 493 g/mol. The second kappa shape index (κ2) is 10.8. The van der Waals surface area contributed by atoms with Gasteiger partial charge in [0.2, 0.25) is 5.75 Å². The SMILES string of the molecule is COc1ccc(/C=C2\S/C(=N/N=C\c3cc(OC)c(O)c(OC)c3)N(Cc3ccco3)C2=O)cc1. The summed E-state index contributed by atoms with van der Waals surface area (Å²) in [7, 11) is 4.49. The number of thioether (sulfide) groups is 1. The standard InChI is InChI=1S/C25H23N3O6S/c1-31-18-8-6-16(7-9-18)13-22-24(30)28(15-19-5-4-10-34-19)25(35-22)27-26-14-17-11-20(32-2)23(29)21(12-17)33-3/h4-14,29H,15H2,1-3H3/b22-13-,26-14-,27-25+. The Kier molecular flexibility index (Phi) is 7.41. The molecule has 1 aliphatic heterocycles. The molecule has 180 valence electrons. The van der Waals surface area contributed by atoms with Crippen LogP contribution in [0.15, 0.2) is 74.3 Å². The van der Waals surface area contributed by atoms with Crippen molar-refractivity contribution in [1.82, 2.24) is 4.90 Å². The van der Waals surface area contributed by atoms with E-state index in [4.69, 9.17) is 18.6 Å². The van der Waals surface area contributed by atoms with E-state index in [9.17, 15) is 9.90 Å². The first-order chi connectivity index (χ1) is 17.0. The average Bonchev–Trinajstić information content (AvgIpc) is 3.49. The van der Waals surface area contributed by atoms with E-state index < -0.39 is 0 Å². The Morgan fingerprint density at radius 1 is 1.03 bits per heavy atom. The largest absolute Gasteiger partial charge is 0.502 e. The minimum atomic E-state index is -0.205. The molecule has 0 atom stereocenters. The van der Waals surface area contributed by atoms with Gasteiger partial charge in [-0.15, -0.1) is 5.10 Å². The summed E-state index contributed by atoms with van der Waals surface area (Å²) >= 11 is 1.22. The van der Waals surface area contributed by atoms with Gasteiger partial charge in [0.05, 0.1) is 45.3 Å². The number of carbonyl (C=O) groups excluding carboxylic acids is 1. The number of amidine groups is 1. The van der Waals surface area contributed by atoms with Crippen molar-refractivity contribution in [3.63, 3.8) is 0 Å². The van der Waals surface area contributed by atoms with Gasteiger partial charge in [-0.25, -0.2) is 0 Å². The van der Waals surface area contributed by atoms with Crippen molar-refractivity contribution in [3.8, 4) is 23.0 Å². The van der Waals surface area contributed by atoms with E-state index >= 15 is 0 Å². The molecule has 1 aromatic heterocycles. The molecule has 4 rings (SSSR count). The highest BCUT2D eigenvalue weighted by Crippen LogP contribution is 2.37. The van der Waals surface area contributed by atoms with Crippen molar-refractivity contribution in [2.75, 3.05) is 21.3 Å². The Morgan fingerprint density at radius 2 is 1.74 bits per heavy atom. The summed E-state index contributed by atoms with van der Waals surface area (Å²) in [6.07, 6.45) is 4.83. The number of hydrogen-bond donors (Lipinski definition) is 1. The van der Waals surface area contributed by atoms with Gasteiger partial charge in [-0.05, 0) is 59.8 Å². The van der Waals surface area contributed by atoms with Crippen molar-refractivity contribution in [2.45, 2.75) is 6.54 Å². The molecular formula is C25H23N3O6S. The lowest BCUT2D eigenvalue weighted by Crippen LogP contribution is -2.28. The zero-order chi connectivity index (χ0) is 24.8. The maximum Gasteiger partial charge on any atom is 0.267 e. The second-order valence-corrected chi connectivity index (χ2v) is 8.26. The third kappa shape index (κ3) is 5.49. The van der Waals surface area contributed by atoms with Crippen molar-refractivity contribution < 1.29 is 28.5 Å². The number of benzene rings is 2. The molecule has 1 amide bonds. The van der Waals surface area contributed by atoms with Gasteiger partial charge < -0.3 is 23.7 Å². The van der Waals surface area contributed by atoms with Crippen LogP contribution >= 0.6 is 11.8 Å². The summed E-state index contributed by atoms with van der Waals surface area (Å²) in [5, 5.41) is 18.9. The van der Waals surface area contributed by atoms with Crippen LogP contribution in [-0.2, 0) is 11.3 Å². The van der Waals surface area contributed by atoms with Gasteiger partial charge in [0.15, 0.2) is 16.7 Å². The number of nitrogens with zero attached hydrogens (tertiary/aromatic N) is 3. The molecule has 9 nitrogen and oxygen atoms in total. The molecule has 10 heteroatoms. The molecule has 2 heterocycles. The van der Waals surface area contributed by atoms with Crippen LogP contribution in [0.5, 0.6) is 23.0 Å². The predicted octanol–water partition coefficient (Wildman–Crippen LogP) is 4.52. The van der Waals surface area contributed by atoms with Gasteiger partial charge in [-0.2, -0.15) is 5.10 Å². The van der Waals surface area contributed by atoms with E-state index in [2.05, 4.69) is 10.2 Å². The van der Waals surface area contributed by atoms with Gasteiger partial charge in [0, 0.05) is 5.56 Å². The maximum atomic E-state index is 13.2. The van der Waals surface area contributed by atoms with Crippen LogP contribution in [0.25, 0.3) is 6.08 Å². The number of phenols is 1. The molecule has 0 spiro atoms. The Hall–Kier alpha value is -4.18. The van der Waals surface area contributed by atoms with E-state index in [0.29, 0.717) is 21.4 Å². The molecule has 0 unspecified atom stereocenters. The number of carbonyl (C=O) groups is 1. The van der Waals surface area contributed by atoms with E-state index in [-0.39, 0.29) is 29.7 Å². The number of methoxy groups -OCH3 is 3. The lowest BCUT2D eigenvalue weighted by atomic mass is 10.2. The number of aromatic hydroxyl groups is 1. The molecule has 35 heavy (non-hydrogen) atoms. The van der Waals surface area contributed by atoms with Gasteiger partial charge in [0.1, 0.15) is 11.5 Å². The number of rotatable bonds is 8. The zero-order valence-electron chi connectivity index (χ0n) is 19.3. The summed E-state index contributed by atoms with van der Waals surface area (Å²) in [6, 6.07) is 14.2. The summed E-state index contributed by atoms with van der Waals surface area (Å²) in [4.78, 5) is 15.2. The Labute approximate surface area is 206 Å². The molecule has 0 saturated carbocycles. The highest BCUT2D eigenvalue weighted by atomic mass is 32.2. The molecule has 0 bridgehead atoms. The molecule has 2 aromatic carbocycles. The first kappa shape index (κ1) is 24.0. The van der Waals surface area contributed by atoms with Crippen LogP contribution in [0.1, 0.15) is 16.9 Å². The smallest absolute Gasteiger partial charge is 0.267 e. The molecule has 3 aromatic rings. The van der Waals surface area contributed by atoms with E-state index in [1.807, 2.05) is 24.3 Å².